The van der Waals surface area contributed by atoms with Gasteiger partial charge in [-0.25, -0.2) is 4.79 Å². The second kappa shape index (κ2) is 8.72. The molecule has 1 aromatic rings. The van der Waals surface area contributed by atoms with Crippen LogP contribution in [0.5, 0.6) is 0 Å². The third-order valence-corrected chi connectivity index (χ3v) is 3.85. The molecule has 0 unspecified atom stereocenters. The van der Waals surface area contributed by atoms with Crippen molar-refractivity contribution in [3.05, 3.63) is 29.8 Å². The van der Waals surface area contributed by atoms with E-state index < -0.39 is 43.2 Å². The lowest BCUT2D eigenvalue weighted by atomic mass is 10.1. The summed E-state index contributed by atoms with van der Waals surface area (Å²) in [5.41, 5.74) is 1.64. The Balaban J connectivity index is 1.78. The number of imide groups is 1. The number of urea groups is 1. The molecule has 28 heavy (non-hydrogen) atoms. The molecule has 0 radical (unpaired) electrons. The van der Waals surface area contributed by atoms with Gasteiger partial charge in [-0.3, -0.25) is 19.7 Å². The van der Waals surface area contributed by atoms with Gasteiger partial charge in [0.05, 0.1) is 5.92 Å². The van der Waals surface area contributed by atoms with Gasteiger partial charge in [-0.1, -0.05) is 17.7 Å². The number of aryl methyl sites for hydroxylation is 1. The van der Waals surface area contributed by atoms with Crippen LogP contribution < -0.4 is 15.5 Å². The molecule has 0 saturated carbocycles. The molecule has 0 bridgehead atoms. The number of nitrogens with one attached hydrogen (secondary N) is 2. The van der Waals surface area contributed by atoms with Gasteiger partial charge in [0.15, 0.2) is 6.61 Å². The average molecular weight is 401 g/mol. The molecule has 152 valence electrons. The van der Waals surface area contributed by atoms with Crippen LogP contribution in [0.4, 0.5) is 23.7 Å². The summed E-state index contributed by atoms with van der Waals surface area (Å²) >= 11 is 0. The first-order valence-electron chi connectivity index (χ1n) is 8.23. The van der Waals surface area contributed by atoms with E-state index in [-0.39, 0.29) is 18.9 Å². The van der Waals surface area contributed by atoms with Gasteiger partial charge in [-0.05, 0) is 19.1 Å². The van der Waals surface area contributed by atoms with Crippen molar-refractivity contribution < 1.29 is 37.1 Å². The number of rotatable bonds is 5. The summed E-state index contributed by atoms with van der Waals surface area (Å²) in [5, 5.41) is 3.05. The number of nitrogens with zero attached hydrogens (tertiary/aromatic N) is 1. The molecule has 8 nitrogen and oxygen atoms in total. The number of carbonyl (C=O) groups is 4. The Labute approximate surface area is 158 Å². The van der Waals surface area contributed by atoms with Gasteiger partial charge >= 0.3 is 18.2 Å². The molecule has 1 fully saturated rings. The number of esters is 1. The fourth-order valence-corrected chi connectivity index (χ4v) is 2.48. The van der Waals surface area contributed by atoms with Crippen molar-refractivity contribution in [2.24, 2.45) is 5.92 Å². The standard InChI is InChI=1S/C17H18F3N3O5/c1-10-2-4-12(5-3-10)23-7-11(6-14(23)25)15(26)28-8-13(24)22-16(27)21-9-17(18,19)20/h2-5,11H,6-9H2,1H3,(H2,21,22,24,27)/t11-/m1/s1. The lowest BCUT2D eigenvalue weighted by Gasteiger charge is -2.16. The molecule has 4 amide bonds. The molecule has 1 aromatic carbocycles. The van der Waals surface area contributed by atoms with E-state index in [1.165, 1.54) is 10.2 Å². The SMILES string of the molecule is Cc1ccc(N2C[C@H](C(=O)OCC(=O)NC(=O)NCC(F)(F)F)CC2=O)cc1. The first-order chi connectivity index (χ1) is 13.0. The van der Waals surface area contributed by atoms with E-state index in [2.05, 4.69) is 0 Å². The summed E-state index contributed by atoms with van der Waals surface area (Å²) in [5.74, 6) is -2.97. The van der Waals surface area contributed by atoms with Crippen molar-refractivity contribution in [2.75, 3.05) is 24.6 Å². The summed E-state index contributed by atoms with van der Waals surface area (Å²) < 4.78 is 40.6. The summed E-state index contributed by atoms with van der Waals surface area (Å²) in [4.78, 5) is 48.2. The zero-order chi connectivity index (χ0) is 20.9. The average Bonchev–Trinajstić information content (AvgIpc) is 3.00. The Morgan fingerprint density at radius 3 is 2.46 bits per heavy atom. The maximum absolute atomic E-state index is 12.1. The lowest BCUT2D eigenvalue weighted by Crippen LogP contribution is -2.44. The predicted molar refractivity (Wildman–Crippen MR) is 90.2 cm³/mol. The van der Waals surface area contributed by atoms with Crippen LogP contribution in [-0.2, 0) is 19.1 Å². The Morgan fingerprint density at radius 1 is 1.21 bits per heavy atom. The Hall–Kier alpha value is -3.11. The van der Waals surface area contributed by atoms with Crippen molar-refractivity contribution in [1.82, 2.24) is 10.6 Å². The van der Waals surface area contributed by atoms with Crippen LogP contribution in [0, 0.1) is 12.8 Å². The van der Waals surface area contributed by atoms with Gasteiger partial charge < -0.3 is 15.0 Å². The number of ether oxygens (including phenoxy) is 1. The number of carbonyl (C=O) groups excluding carboxylic acids is 4. The minimum Gasteiger partial charge on any atom is -0.455 e. The number of halogens is 3. The molecule has 11 heteroatoms. The van der Waals surface area contributed by atoms with E-state index in [1.807, 2.05) is 19.1 Å². The summed E-state index contributed by atoms with van der Waals surface area (Å²) in [7, 11) is 0. The van der Waals surface area contributed by atoms with Crippen molar-refractivity contribution in [2.45, 2.75) is 19.5 Å². The second-order valence-corrected chi connectivity index (χ2v) is 6.19. The number of alkyl halides is 3. The molecule has 1 heterocycles. The Bertz CT molecular complexity index is 764. The maximum atomic E-state index is 12.1. The van der Waals surface area contributed by atoms with E-state index in [0.717, 1.165) is 5.56 Å². The highest BCUT2D eigenvalue weighted by Gasteiger charge is 2.36. The van der Waals surface area contributed by atoms with E-state index >= 15 is 0 Å². The van der Waals surface area contributed by atoms with Gasteiger partial charge in [0.25, 0.3) is 5.91 Å². The highest BCUT2D eigenvalue weighted by molar-refractivity contribution is 6.00. The van der Waals surface area contributed by atoms with Crippen LogP contribution in [0.2, 0.25) is 0 Å². The lowest BCUT2D eigenvalue weighted by molar-refractivity contribution is -0.152. The fourth-order valence-electron chi connectivity index (χ4n) is 2.48. The molecular weight excluding hydrogens is 383 g/mol. The van der Waals surface area contributed by atoms with Crippen LogP contribution >= 0.6 is 0 Å². The topological polar surface area (TPSA) is 105 Å². The maximum Gasteiger partial charge on any atom is 0.405 e. The van der Waals surface area contributed by atoms with Gasteiger partial charge in [-0.2, -0.15) is 13.2 Å². The Kier molecular flexibility index (Phi) is 6.60. The smallest absolute Gasteiger partial charge is 0.405 e. The van der Waals surface area contributed by atoms with E-state index in [4.69, 9.17) is 4.74 Å². The summed E-state index contributed by atoms with van der Waals surface area (Å²) in [6, 6.07) is 5.77. The molecule has 0 aliphatic carbocycles. The van der Waals surface area contributed by atoms with Crippen molar-refractivity contribution in [3.63, 3.8) is 0 Å². The fraction of sp³-hybridized carbons (Fsp3) is 0.412. The molecule has 0 spiro atoms. The largest absolute Gasteiger partial charge is 0.455 e. The molecule has 1 aliphatic heterocycles. The third-order valence-electron chi connectivity index (χ3n) is 3.85. The summed E-state index contributed by atoms with van der Waals surface area (Å²) in [6.07, 6.45) is -4.72. The van der Waals surface area contributed by atoms with Crippen LogP contribution in [0.1, 0.15) is 12.0 Å². The second-order valence-electron chi connectivity index (χ2n) is 6.19. The van der Waals surface area contributed by atoms with Crippen LogP contribution in [0.25, 0.3) is 0 Å². The molecule has 2 rings (SSSR count). The highest BCUT2D eigenvalue weighted by Crippen LogP contribution is 2.26. The Morgan fingerprint density at radius 2 is 1.86 bits per heavy atom. The number of amides is 4. The van der Waals surface area contributed by atoms with Crippen LogP contribution in [0.15, 0.2) is 24.3 Å². The number of hydrogen-bond acceptors (Lipinski definition) is 5. The normalized spacial score (nSPS) is 16.6. The van der Waals surface area contributed by atoms with Gasteiger partial charge in [0, 0.05) is 18.7 Å². The van der Waals surface area contributed by atoms with Crippen LogP contribution in [-0.4, -0.2) is 49.7 Å². The van der Waals surface area contributed by atoms with Crippen LogP contribution in [0.3, 0.4) is 0 Å². The zero-order valence-corrected chi connectivity index (χ0v) is 14.8. The molecular formula is C17H18F3N3O5. The predicted octanol–water partition coefficient (Wildman–Crippen LogP) is 1.28. The number of anilines is 1. The molecule has 1 atom stereocenters. The van der Waals surface area contributed by atoms with Gasteiger partial charge in [-0.15, -0.1) is 0 Å². The first-order valence-corrected chi connectivity index (χ1v) is 8.23. The van der Waals surface area contributed by atoms with Gasteiger partial charge in [0.2, 0.25) is 5.91 Å². The number of hydrogen-bond donors (Lipinski definition) is 2. The molecule has 1 saturated heterocycles. The quantitative estimate of drug-likeness (QED) is 0.724. The highest BCUT2D eigenvalue weighted by atomic mass is 19.4. The molecule has 1 aliphatic rings. The molecule has 0 aromatic heterocycles. The minimum absolute atomic E-state index is 0.0778. The molecule has 2 N–H and O–H groups in total. The van der Waals surface area contributed by atoms with E-state index in [9.17, 15) is 32.3 Å². The summed E-state index contributed by atoms with van der Waals surface area (Å²) in [6.45, 7) is -0.489. The zero-order valence-electron chi connectivity index (χ0n) is 14.8. The monoisotopic (exact) mass is 401 g/mol. The van der Waals surface area contributed by atoms with Crippen molar-refractivity contribution in [1.29, 1.82) is 0 Å². The van der Waals surface area contributed by atoms with Crippen molar-refractivity contribution in [3.8, 4) is 0 Å². The van der Waals surface area contributed by atoms with Crippen molar-refractivity contribution >= 4 is 29.5 Å². The number of benzene rings is 1. The van der Waals surface area contributed by atoms with Gasteiger partial charge in [0.1, 0.15) is 6.54 Å². The first kappa shape index (κ1) is 21.2. The van der Waals surface area contributed by atoms with E-state index in [0.29, 0.717) is 5.69 Å². The van der Waals surface area contributed by atoms with E-state index in [1.54, 1.807) is 17.4 Å². The minimum atomic E-state index is -4.62. The third kappa shape index (κ3) is 6.25.